The molecular formula is C17H31NSi2. The molecule has 1 nitrogen and oxygen atoms in total. The highest BCUT2D eigenvalue weighted by molar-refractivity contribution is 6.81. The Morgan fingerprint density at radius 3 is 2.00 bits per heavy atom. The van der Waals surface area contributed by atoms with Crippen LogP contribution >= 0.6 is 0 Å². The molecule has 0 heterocycles. The van der Waals surface area contributed by atoms with Crippen LogP contribution in [-0.4, -0.2) is 35.0 Å². The van der Waals surface area contributed by atoms with Crippen LogP contribution in [0.25, 0.3) is 6.08 Å². The summed E-state index contributed by atoms with van der Waals surface area (Å²) < 4.78 is 2.48. The molecule has 0 atom stereocenters. The molecule has 0 spiro atoms. The lowest BCUT2D eigenvalue weighted by Crippen LogP contribution is -2.45. The van der Waals surface area contributed by atoms with E-state index in [9.17, 15) is 0 Å². The SMILES string of the molecule is C=Cc1ccc(C[Si](C)(C)CC[Si](C)(C)N(C)C)cc1. The van der Waals surface area contributed by atoms with Gasteiger partial charge in [0.1, 0.15) is 8.24 Å². The van der Waals surface area contributed by atoms with Gasteiger partial charge in [-0.05, 0) is 31.7 Å². The molecule has 1 aromatic rings. The molecule has 0 bridgehead atoms. The van der Waals surface area contributed by atoms with Crippen molar-refractivity contribution < 1.29 is 0 Å². The summed E-state index contributed by atoms with van der Waals surface area (Å²) in [4.78, 5) is 0. The fraction of sp³-hybridized carbons (Fsp3) is 0.529. The number of benzene rings is 1. The summed E-state index contributed by atoms with van der Waals surface area (Å²) in [5.74, 6) is 0. The monoisotopic (exact) mass is 305 g/mol. The zero-order valence-corrected chi connectivity index (χ0v) is 16.2. The van der Waals surface area contributed by atoms with Crippen LogP contribution in [0.15, 0.2) is 30.8 Å². The van der Waals surface area contributed by atoms with Gasteiger partial charge < -0.3 is 4.57 Å². The molecule has 0 fully saturated rings. The van der Waals surface area contributed by atoms with Gasteiger partial charge in [-0.1, -0.05) is 74.7 Å². The highest BCUT2D eigenvalue weighted by atomic mass is 28.3. The van der Waals surface area contributed by atoms with Crippen LogP contribution in [0.1, 0.15) is 11.1 Å². The van der Waals surface area contributed by atoms with Crippen LogP contribution in [0.4, 0.5) is 0 Å². The summed E-state index contributed by atoms with van der Waals surface area (Å²) >= 11 is 0. The first-order chi connectivity index (χ1) is 9.16. The van der Waals surface area contributed by atoms with Gasteiger partial charge in [0.15, 0.2) is 0 Å². The van der Waals surface area contributed by atoms with Gasteiger partial charge in [-0.25, -0.2) is 0 Å². The summed E-state index contributed by atoms with van der Waals surface area (Å²) in [6.45, 7) is 13.9. The molecule has 20 heavy (non-hydrogen) atoms. The Bertz CT molecular complexity index is 433. The number of hydrogen-bond acceptors (Lipinski definition) is 1. The van der Waals surface area contributed by atoms with Crippen molar-refractivity contribution in [1.82, 2.24) is 4.57 Å². The molecule has 1 aromatic carbocycles. The predicted octanol–water partition coefficient (Wildman–Crippen LogP) is 4.89. The first kappa shape index (κ1) is 17.4. The second kappa shape index (κ2) is 6.88. The van der Waals surface area contributed by atoms with Gasteiger partial charge in [0, 0.05) is 0 Å². The number of nitrogens with zero attached hydrogens (tertiary/aromatic N) is 1. The maximum atomic E-state index is 3.82. The molecule has 0 aliphatic rings. The standard InChI is InChI=1S/C17H31NSi2/c1-8-16-9-11-17(12-10-16)15-19(4,5)13-14-20(6,7)18(2)3/h8-12H,1,13-15H2,2-7H3. The molecule has 0 unspecified atom stereocenters. The maximum Gasteiger partial charge on any atom is 0.121 e. The van der Waals surface area contributed by atoms with Crippen LogP contribution in [0.3, 0.4) is 0 Å². The Morgan fingerprint density at radius 2 is 1.55 bits per heavy atom. The van der Waals surface area contributed by atoms with E-state index in [-0.39, 0.29) is 0 Å². The van der Waals surface area contributed by atoms with Gasteiger partial charge >= 0.3 is 0 Å². The highest BCUT2D eigenvalue weighted by Gasteiger charge is 2.29. The average molecular weight is 306 g/mol. The summed E-state index contributed by atoms with van der Waals surface area (Å²) in [5.41, 5.74) is 2.71. The van der Waals surface area contributed by atoms with Crippen LogP contribution in [0.5, 0.6) is 0 Å². The van der Waals surface area contributed by atoms with E-state index in [0.29, 0.717) is 0 Å². The first-order valence-electron chi connectivity index (χ1n) is 7.55. The predicted molar refractivity (Wildman–Crippen MR) is 98.5 cm³/mol. The van der Waals surface area contributed by atoms with Crippen LogP contribution in [-0.2, 0) is 6.04 Å². The van der Waals surface area contributed by atoms with Crippen LogP contribution in [0, 0.1) is 0 Å². The summed E-state index contributed by atoms with van der Waals surface area (Å²) in [6, 6.07) is 13.1. The lowest BCUT2D eigenvalue weighted by atomic mass is 10.1. The van der Waals surface area contributed by atoms with Gasteiger partial charge in [0.05, 0.1) is 8.07 Å². The second-order valence-corrected chi connectivity index (χ2v) is 17.7. The third-order valence-corrected chi connectivity index (χ3v) is 11.9. The molecule has 1 rings (SSSR count). The van der Waals surface area contributed by atoms with Crippen molar-refractivity contribution in [3.05, 3.63) is 42.0 Å². The quantitative estimate of drug-likeness (QED) is 0.649. The van der Waals surface area contributed by atoms with E-state index < -0.39 is 16.3 Å². The molecule has 3 heteroatoms. The maximum absolute atomic E-state index is 3.82. The molecule has 0 amide bonds. The average Bonchev–Trinajstić information content (AvgIpc) is 2.37. The zero-order chi connectivity index (χ0) is 15.4. The van der Waals surface area contributed by atoms with E-state index in [1.54, 1.807) is 0 Å². The van der Waals surface area contributed by atoms with Gasteiger partial charge in [-0.2, -0.15) is 0 Å². The van der Waals surface area contributed by atoms with E-state index in [0.717, 1.165) is 0 Å². The smallest absolute Gasteiger partial charge is 0.121 e. The van der Waals surface area contributed by atoms with Crippen molar-refractivity contribution in [2.45, 2.75) is 44.3 Å². The van der Waals surface area contributed by atoms with Crippen molar-refractivity contribution in [1.29, 1.82) is 0 Å². The topological polar surface area (TPSA) is 3.24 Å². The van der Waals surface area contributed by atoms with Gasteiger partial charge in [-0.3, -0.25) is 0 Å². The van der Waals surface area contributed by atoms with Crippen molar-refractivity contribution >= 4 is 22.4 Å². The minimum absolute atomic E-state index is 1.15. The Hall–Kier alpha value is -0.646. The Balaban J connectivity index is 2.62. The molecule has 0 N–H and O–H groups in total. The Labute approximate surface area is 127 Å². The fourth-order valence-electron chi connectivity index (χ4n) is 2.28. The molecule has 0 saturated heterocycles. The van der Waals surface area contributed by atoms with E-state index in [2.05, 4.69) is 75.7 Å². The van der Waals surface area contributed by atoms with E-state index in [1.807, 2.05) is 6.08 Å². The van der Waals surface area contributed by atoms with E-state index >= 15 is 0 Å². The van der Waals surface area contributed by atoms with E-state index in [1.165, 1.54) is 29.3 Å². The number of hydrogen-bond donors (Lipinski definition) is 0. The van der Waals surface area contributed by atoms with Gasteiger partial charge in [-0.15, -0.1) is 0 Å². The lowest BCUT2D eigenvalue weighted by Gasteiger charge is -2.33. The summed E-state index contributed by atoms with van der Waals surface area (Å²) in [7, 11) is 2.18. The molecular weight excluding hydrogens is 274 g/mol. The molecule has 0 aliphatic carbocycles. The third kappa shape index (κ3) is 5.39. The van der Waals surface area contributed by atoms with Gasteiger partial charge in [0.25, 0.3) is 0 Å². The van der Waals surface area contributed by atoms with Crippen molar-refractivity contribution in [2.24, 2.45) is 0 Å². The van der Waals surface area contributed by atoms with Crippen LogP contribution in [0.2, 0.25) is 38.3 Å². The second-order valence-electron chi connectivity index (χ2n) is 7.49. The molecule has 0 aliphatic heterocycles. The number of rotatable bonds is 7. The first-order valence-corrected chi connectivity index (χ1v) is 14.1. The molecule has 0 radical (unpaired) electrons. The van der Waals surface area contributed by atoms with Crippen molar-refractivity contribution in [3.8, 4) is 0 Å². The normalized spacial score (nSPS) is 12.8. The lowest BCUT2D eigenvalue weighted by molar-refractivity contribution is 0.618. The largest absolute Gasteiger partial charge is 0.329 e. The zero-order valence-electron chi connectivity index (χ0n) is 14.2. The highest BCUT2D eigenvalue weighted by Crippen LogP contribution is 2.24. The minimum Gasteiger partial charge on any atom is -0.329 e. The summed E-state index contributed by atoms with van der Waals surface area (Å²) in [6.07, 6.45) is 1.91. The van der Waals surface area contributed by atoms with Crippen molar-refractivity contribution in [2.75, 3.05) is 14.1 Å². The van der Waals surface area contributed by atoms with Crippen LogP contribution < -0.4 is 0 Å². The van der Waals surface area contributed by atoms with Crippen molar-refractivity contribution in [3.63, 3.8) is 0 Å². The van der Waals surface area contributed by atoms with E-state index in [4.69, 9.17) is 0 Å². The fourth-order valence-corrected chi connectivity index (χ4v) is 9.40. The third-order valence-electron chi connectivity index (χ3n) is 4.52. The Morgan fingerprint density at radius 1 is 1.00 bits per heavy atom. The Kier molecular flexibility index (Phi) is 5.98. The summed E-state index contributed by atoms with van der Waals surface area (Å²) in [5, 5.41) is 0. The molecule has 0 saturated carbocycles. The molecule has 0 aromatic heterocycles. The minimum atomic E-state index is -1.17. The van der Waals surface area contributed by atoms with Gasteiger partial charge in [0.2, 0.25) is 0 Å². The molecule has 112 valence electrons.